The molecule has 0 saturated heterocycles. The number of esters is 2. The molecule has 26 heavy (non-hydrogen) atoms. The summed E-state index contributed by atoms with van der Waals surface area (Å²) < 4.78 is 10.2. The van der Waals surface area contributed by atoms with Crippen molar-refractivity contribution in [2.24, 2.45) is 0 Å². The number of aryl methyl sites for hydroxylation is 1. The van der Waals surface area contributed by atoms with E-state index in [0.717, 1.165) is 12.8 Å². The van der Waals surface area contributed by atoms with Crippen LogP contribution in [0.25, 0.3) is 0 Å². The zero-order valence-electron chi connectivity index (χ0n) is 16.3. The minimum Gasteiger partial charge on any atom is -0.466 e. The average Bonchev–Trinajstić information content (AvgIpc) is 2.58. The van der Waals surface area contributed by atoms with Crippen LogP contribution in [0.4, 0.5) is 5.69 Å². The lowest BCUT2D eigenvalue weighted by Crippen LogP contribution is -2.38. The van der Waals surface area contributed by atoms with Crippen LogP contribution in [-0.2, 0) is 14.3 Å². The number of aromatic nitrogens is 1. The van der Waals surface area contributed by atoms with Crippen molar-refractivity contribution in [1.29, 1.82) is 0 Å². The van der Waals surface area contributed by atoms with Gasteiger partial charge in [0, 0.05) is 18.3 Å². The molecule has 1 heterocycles. The number of carbonyl (C=O) groups excluding carboxylic acids is 2. The first-order valence-corrected chi connectivity index (χ1v) is 9.53. The van der Waals surface area contributed by atoms with Crippen molar-refractivity contribution in [2.45, 2.75) is 59.9 Å². The quantitative estimate of drug-likeness (QED) is 0.445. The molecule has 1 rings (SSSR count). The Balaban J connectivity index is 3.34. The summed E-state index contributed by atoms with van der Waals surface area (Å²) >= 11 is 6.28. The topological polar surface area (TPSA) is 68.7 Å². The van der Waals surface area contributed by atoms with Gasteiger partial charge in [0.15, 0.2) is 0 Å². The van der Waals surface area contributed by atoms with Gasteiger partial charge < -0.3 is 14.4 Å². The molecule has 0 saturated carbocycles. The second-order valence-electron chi connectivity index (χ2n) is 5.89. The fraction of sp³-hybridized carbons (Fsp3) is 0.632. The minimum absolute atomic E-state index is 0.116. The van der Waals surface area contributed by atoms with Gasteiger partial charge in [-0.3, -0.25) is 4.79 Å². The van der Waals surface area contributed by atoms with Gasteiger partial charge in [-0.05, 0) is 39.7 Å². The van der Waals surface area contributed by atoms with Crippen molar-refractivity contribution in [3.63, 3.8) is 0 Å². The predicted octanol–water partition coefficient (Wildman–Crippen LogP) is 4.17. The van der Waals surface area contributed by atoms with Gasteiger partial charge in [0.25, 0.3) is 0 Å². The smallest absolute Gasteiger partial charge is 0.343 e. The Kier molecular flexibility index (Phi) is 9.41. The molecule has 0 aliphatic rings. The Morgan fingerprint density at radius 2 is 1.77 bits per heavy atom. The monoisotopic (exact) mass is 384 g/mol. The summed E-state index contributed by atoms with van der Waals surface area (Å²) in [6.45, 7) is 10.5. The van der Waals surface area contributed by atoms with E-state index < -0.39 is 5.97 Å². The SMILES string of the molecule is CCOC(=O)CCN(c1cc(C)nc(Cl)c1C(=O)OCC)C(CC)CC. The van der Waals surface area contributed by atoms with Crippen molar-refractivity contribution in [3.8, 4) is 0 Å². The number of ether oxygens (including phenoxy) is 2. The van der Waals surface area contributed by atoms with E-state index in [9.17, 15) is 9.59 Å². The van der Waals surface area contributed by atoms with E-state index >= 15 is 0 Å². The molecule has 0 aliphatic heterocycles. The van der Waals surface area contributed by atoms with Crippen LogP contribution in [0.1, 0.15) is 63.0 Å². The van der Waals surface area contributed by atoms with E-state index in [-0.39, 0.29) is 35.8 Å². The molecule has 0 amide bonds. The van der Waals surface area contributed by atoms with Gasteiger partial charge in [-0.1, -0.05) is 25.4 Å². The minimum atomic E-state index is -0.507. The molecular weight excluding hydrogens is 356 g/mol. The number of carbonyl (C=O) groups is 2. The fourth-order valence-electron chi connectivity index (χ4n) is 2.91. The number of anilines is 1. The van der Waals surface area contributed by atoms with Gasteiger partial charge in [0.2, 0.25) is 0 Å². The summed E-state index contributed by atoms with van der Waals surface area (Å²) in [5.41, 5.74) is 1.60. The summed E-state index contributed by atoms with van der Waals surface area (Å²) in [4.78, 5) is 30.6. The zero-order valence-corrected chi connectivity index (χ0v) is 17.1. The molecule has 0 spiro atoms. The lowest BCUT2D eigenvalue weighted by molar-refractivity contribution is -0.142. The van der Waals surface area contributed by atoms with E-state index in [0.29, 0.717) is 24.5 Å². The Bertz CT molecular complexity index is 618. The number of hydrogen-bond donors (Lipinski definition) is 0. The van der Waals surface area contributed by atoms with E-state index in [1.165, 1.54) is 0 Å². The molecular formula is C19H29ClN2O4. The van der Waals surface area contributed by atoms with Crippen molar-refractivity contribution in [1.82, 2.24) is 4.98 Å². The molecule has 0 aromatic carbocycles. The fourth-order valence-corrected chi connectivity index (χ4v) is 3.22. The van der Waals surface area contributed by atoms with Gasteiger partial charge >= 0.3 is 11.9 Å². The molecule has 6 nitrogen and oxygen atoms in total. The number of nitrogens with zero attached hydrogens (tertiary/aromatic N) is 2. The number of halogens is 1. The lowest BCUT2D eigenvalue weighted by atomic mass is 10.1. The van der Waals surface area contributed by atoms with Crippen molar-refractivity contribution in [2.75, 3.05) is 24.7 Å². The van der Waals surface area contributed by atoms with E-state index in [1.54, 1.807) is 13.8 Å². The van der Waals surface area contributed by atoms with E-state index in [2.05, 4.69) is 18.8 Å². The second-order valence-corrected chi connectivity index (χ2v) is 6.25. The number of hydrogen-bond acceptors (Lipinski definition) is 6. The standard InChI is InChI=1S/C19H29ClN2O4/c1-6-14(7-2)22(11-10-16(23)25-8-3)15-12-13(5)21-18(20)17(15)19(24)26-9-4/h12,14H,6-11H2,1-5H3. The first kappa shape index (κ1) is 22.2. The molecule has 0 N–H and O–H groups in total. The van der Waals surface area contributed by atoms with E-state index in [4.69, 9.17) is 21.1 Å². The first-order chi connectivity index (χ1) is 12.4. The molecule has 1 aromatic rings. The molecule has 0 unspecified atom stereocenters. The second kappa shape index (κ2) is 11.0. The Morgan fingerprint density at radius 1 is 1.15 bits per heavy atom. The molecule has 0 radical (unpaired) electrons. The average molecular weight is 385 g/mol. The Labute approximate surface area is 160 Å². The normalized spacial score (nSPS) is 10.7. The zero-order chi connectivity index (χ0) is 19.7. The molecule has 0 aliphatic carbocycles. The number of pyridine rings is 1. The van der Waals surface area contributed by atoms with Crippen LogP contribution in [0.15, 0.2) is 6.07 Å². The summed E-state index contributed by atoms with van der Waals surface area (Å²) in [5, 5.41) is 0.116. The Hall–Kier alpha value is -1.82. The van der Waals surface area contributed by atoms with Gasteiger partial charge in [0.1, 0.15) is 10.7 Å². The van der Waals surface area contributed by atoms with Crippen LogP contribution >= 0.6 is 11.6 Å². The molecule has 7 heteroatoms. The number of rotatable bonds is 10. The summed E-state index contributed by atoms with van der Waals surface area (Å²) in [6, 6.07) is 1.97. The lowest BCUT2D eigenvalue weighted by Gasteiger charge is -2.34. The van der Waals surface area contributed by atoms with Gasteiger partial charge in [-0.2, -0.15) is 0 Å². The summed E-state index contributed by atoms with van der Waals surface area (Å²) in [5.74, 6) is -0.773. The molecule has 0 atom stereocenters. The maximum atomic E-state index is 12.5. The highest BCUT2D eigenvalue weighted by Crippen LogP contribution is 2.31. The van der Waals surface area contributed by atoms with Crippen LogP contribution in [0.2, 0.25) is 5.15 Å². The van der Waals surface area contributed by atoms with Crippen LogP contribution in [-0.4, -0.2) is 42.7 Å². The Morgan fingerprint density at radius 3 is 2.31 bits per heavy atom. The van der Waals surface area contributed by atoms with Crippen molar-refractivity contribution < 1.29 is 19.1 Å². The summed E-state index contributed by atoms with van der Waals surface area (Å²) in [7, 11) is 0. The van der Waals surface area contributed by atoms with Crippen LogP contribution < -0.4 is 4.90 Å². The summed E-state index contributed by atoms with van der Waals surface area (Å²) in [6.07, 6.45) is 1.95. The van der Waals surface area contributed by atoms with Gasteiger partial charge in [-0.15, -0.1) is 0 Å². The van der Waals surface area contributed by atoms with Gasteiger partial charge in [-0.25, -0.2) is 9.78 Å². The van der Waals surface area contributed by atoms with Gasteiger partial charge in [0.05, 0.1) is 25.3 Å². The third-order valence-electron chi connectivity index (χ3n) is 4.12. The highest BCUT2D eigenvalue weighted by atomic mass is 35.5. The predicted molar refractivity (Wildman–Crippen MR) is 103 cm³/mol. The highest BCUT2D eigenvalue weighted by molar-refractivity contribution is 6.33. The highest BCUT2D eigenvalue weighted by Gasteiger charge is 2.26. The molecule has 1 aromatic heterocycles. The molecule has 146 valence electrons. The third-order valence-corrected chi connectivity index (χ3v) is 4.39. The largest absolute Gasteiger partial charge is 0.466 e. The van der Waals surface area contributed by atoms with Crippen molar-refractivity contribution >= 4 is 29.2 Å². The van der Waals surface area contributed by atoms with Crippen LogP contribution in [0.3, 0.4) is 0 Å². The molecule has 0 bridgehead atoms. The van der Waals surface area contributed by atoms with Crippen LogP contribution in [0, 0.1) is 6.92 Å². The van der Waals surface area contributed by atoms with Crippen LogP contribution in [0.5, 0.6) is 0 Å². The van der Waals surface area contributed by atoms with Crippen molar-refractivity contribution in [3.05, 3.63) is 22.5 Å². The molecule has 0 fully saturated rings. The first-order valence-electron chi connectivity index (χ1n) is 9.15. The third kappa shape index (κ3) is 5.87. The maximum absolute atomic E-state index is 12.5. The van der Waals surface area contributed by atoms with E-state index in [1.807, 2.05) is 17.9 Å². The maximum Gasteiger partial charge on any atom is 0.343 e.